The van der Waals surface area contributed by atoms with Crippen LogP contribution in [0.5, 0.6) is 0 Å². The molecule has 0 saturated carbocycles. The maximum Gasteiger partial charge on any atom is 0.411 e. The number of hydrogen-bond acceptors (Lipinski definition) is 4. The average molecular weight is 277 g/mol. The number of nitrogens with zero attached hydrogens (tertiary/aromatic N) is 1. The highest BCUT2D eigenvalue weighted by atomic mass is 16.6. The summed E-state index contributed by atoms with van der Waals surface area (Å²) in [6, 6.07) is 9.04. The fraction of sp³-hybridized carbons (Fsp3) is 0.357. The summed E-state index contributed by atoms with van der Waals surface area (Å²) < 4.78 is 5.08. The number of Topliss-reactive ketones (excluding diaryl/α,β-unsaturated/α-hetero) is 1. The number of aliphatic carboxylic acids is 1. The van der Waals surface area contributed by atoms with Gasteiger partial charge in [-0.25, -0.2) is 9.59 Å². The number of ketones is 1. The molecule has 1 aliphatic rings. The van der Waals surface area contributed by atoms with Crippen LogP contribution >= 0.6 is 0 Å². The Morgan fingerprint density at radius 3 is 2.60 bits per heavy atom. The predicted octanol–water partition coefficient (Wildman–Crippen LogP) is 1.44. The van der Waals surface area contributed by atoms with Gasteiger partial charge in [-0.15, -0.1) is 0 Å². The Hall–Kier alpha value is -2.37. The van der Waals surface area contributed by atoms with E-state index in [9.17, 15) is 19.5 Å². The van der Waals surface area contributed by atoms with Gasteiger partial charge in [-0.3, -0.25) is 9.69 Å². The summed E-state index contributed by atoms with van der Waals surface area (Å²) in [6.45, 7) is 1.17. The maximum atomic E-state index is 12.0. The van der Waals surface area contributed by atoms with Crippen molar-refractivity contribution in [2.75, 3.05) is 6.54 Å². The fourth-order valence-electron chi connectivity index (χ4n) is 2.14. The van der Waals surface area contributed by atoms with Crippen LogP contribution in [0.2, 0.25) is 0 Å². The largest absolute Gasteiger partial charge is 0.479 e. The van der Waals surface area contributed by atoms with Crippen LogP contribution in [0.3, 0.4) is 0 Å². The Morgan fingerprint density at radius 1 is 1.35 bits per heavy atom. The summed E-state index contributed by atoms with van der Waals surface area (Å²) in [7, 11) is 0. The first-order valence-corrected chi connectivity index (χ1v) is 6.17. The number of rotatable bonds is 3. The van der Waals surface area contributed by atoms with Gasteiger partial charge < -0.3 is 9.84 Å². The third-order valence-electron chi connectivity index (χ3n) is 3.36. The molecule has 1 fully saturated rings. The van der Waals surface area contributed by atoms with Crippen LogP contribution in [0, 0.1) is 0 Å². The Kier molecular flexibility index (Phi) is 3.74. The molecule has 0 spiro atoms. The van der Waals surface area contributed by atoms with Gasteiger partial charge in [-0.2, -0.15) is 0 Å². The van der Waals surface area contributed by atoms with Gasteiger partial charge in [0.05, 0.1) is 6.54 Å². The van der Waals surface area contributed by atoms with Gasteiger partial charge in [0, 0.05) is 6.42 Å². The lowest BCUT2D eigenvalue weighted by Gasteiger charge is -2.29. The number of likely N-dealkylation sites (tertiary alicyclic amines) is 1. The van der Waals surface area contributed by atoms with Crippen molar-refractivity contribution in [3.8, 4) is 0 Å². The van der Waals surface area contributed by atoms with Crippen molar-refractivity contribution in [2.24, 2.45) is 0 Å². The minimum Gasteiger partial charge on any atom is -0.479 e. The molecule has 1 aliphatic heterocycles. The molecule has 1 unspecified atom stereocenters. The van der Waals surface area contributed by atoms with Crippen LogP contribution in [0.1, 0.15) is 18.9 Å². The lowest BCUT2D eigenvalue weighted by Crippen LogP contribution is -2.50. The van der Waals surface area contributed by atoms with E-state index >= 15 is 0 Å². The number of hydrogen-bond donors (Lipinski definition) is 1. The van der Waals surface area contributed by atoms with E-state index in [1.807, 2.05) is 18.2 Å². The van der Waals surface area contributed by atoms with Crippen molar-refractivity contribution < 1.29 is 24.2 Å². The Labute approximate surface area is 115 Å². The van der Waals surface area contributed by atoms with Crippen molar-refractivity contribution in [3.63, 3.8) is 0 Å². The molecule has 1 saturated heterocycles. The molecule has 106 valence electrons. The molecule has 6 heteroatoms. The lowest BCUT2D eigenvalue weighted by molar-refractivity contribution is -0.148. The fourth-order valence-corrected chi connectivity index (χ4v) is 2.14. The van der Waals surface area contributed by atoms with Gasteiger partial charge in [0.1, 0.15) is 12.1 Å². The second-order valence-corrected chi connectivity index (χ2v) is 4.92. The predicted molar refractivity (Wildman–Crippen MR) is 69.0 cm³/mol. The molecule has 0 radical (unpaired) electrons. The van der Waals surface area contributed by atoms with E-state index in [0.717, 1.165) is 10.5 Å². The summed E-state index contributed by atoms with van der Waals surface area (Å²) in [5.74, 6) is -1.49. The number of carboxylic acid groups (broad SMARTS) is 1. The van der Waals surface area contributed by atoms with E-state index in [0.29, 0.717) is 0 Å². The van der Waals surface area contributed by atoms with E-state index in [1.54, 1.807) is 12.1 Å². The molecule has 1 aromatic rings. The summed E-state index contributed by atoms with van der Waals surface area (Å²) in [6.07, 6.45) is -0.979. The molecule has 1 heterocycles. The first-order valence-electron chi connectivity index (χ1n) is 6.17. The van der Waals surface area contributed by atoms with Crippen molar-refractivity contribution in [2.45, 2.75) is 25.5 Å². The average Bonchev–Trinajstić information content (AvgIpc) is 2.74. The van der Waals surface area contributed by atoms with Crippen molar-refractivity contribution >= 4 is 17.8 Å². The topological polar surface area (TPSA) is 83.9 Å². The Balaban J connectivity index is 2.05. The van der Waals surface area contributed by atoms with Crippen molar-refractivity contribution in [1.29, 1.82) is 0 Å². The second kappa shape index (κ2) is 5.32. The van der Waals surface area contributed by atoms with Gasteiger partial charge in [0.25, 0.3) is 0 Å². The number of carboxylic acids is 1. The molecular weight excluding hydrogens is 262 g/mol. The monoisotopic (exact) mass is 277 g/mol. The molecular formula is C14H15NO5. The SMILES string of the molecule is CC1(C(=O)O)CC(=O)CN1C(=O)OCc1ccccc1. The number of benzene rings is 1. The Morgan fingerprint density at radius 2 is 2.00 bits per heavy atom. The van der Waals surface area contributed by atoms with Crippen molar-refractivity contribution in [3.05, 3.63) is 35.9 Å². The van der Waals surface area contributed by atoms with Crippen LogP contribution in [0.25, 0.3) is 0 Å². The van der Waals surface area contributed by atoms with Crippen molar-refractivity contribution in [1.82, 2.24) is 4.90 Å². The molecule has 1 amide bonds. The zero-order valence-electron chi connectivity index (χ0n) is 11.0. The molecule has 0 aliphatic carbocycles. The van der Waals surface area contributed by atoms with Gasteiger partial charge in [-0.1, -0.05) is 30.3 Å². The van der Waals surface area contributed by atoms with Crippen LogP contribution in [0.4, 0.5) is 4.79 Å². The normalized spacial score (nSPS) is 21.9. The smallest absolute Gasteiger partial charge is 0.411 e. The number of carbonyl (C=O) groups excluding carboxylic acids is 2. The van der Waals surface area contributed by atoms with E-state index < -0.39 is 17.6 Å². The minimum absolute atomic E-state index is 0.0417. The highest BCUT2D eigenvalue weighted by molar-refractivity contribution is 5.97. The molecule has 0 aromatic heterocycles. The molecule has 1 aromatic carbocycles. The molecule has 20 heavy (non-hydrogen) atoms. The lowest BCUT2D eigenvalue weighted by atomic mass is 9.99. The van der Waals surface area contributed by atoms with E-state index in [-0.39, 0.29) is 25.4 Å². The van der Waals surface area contributed by atoms with Gasteiger partial charge in [0.2, 0.25) is 0 Å². The second-order valence-electron chi connectivity index (χ2n) is 4.92. The van der Waals surface area contributed by atoms with Crippen LogP contribution < -0.4 is 0 Å². The molecule has 2 rings (SSSR count). The summed E-state index contributed by atoms with van der Waals surface area (Å²) in [4.78, 5) is 35.6. The molecule has 0 bridgehead atoms. The number of amides is 1. The summed E-state index contributed by atoms with van der Waals surface area (Å²) in [5, 5.41) is 9.19. The van der Waals surface area contributed by atoms with Gasteiger partial charge in [-0.05, 0) is 12.5 Å². The quantitative estimate of drug-likeness (QED) is 0.903. The first-order chi connectivity index (χ1) is 9.43. The zero-order valence-corrected chi connectivity index (χ0v) is 11.0. The first kappa shape index (κ1) is 14.0. The third-order valence-corrected chi connectivity index (χ3v) is 3.36. The maximum absolute atomic E-state index is 12.0. The van der Waals surface area contributed by atoms with Crippen LogP contribution in [-0.4, -0.2) is 39.9 Å². The highest BCUT2D eigenvalue weighted by Gasteiger charge is 2.50. The molecule has 6 nitrogen and oxygen atoms in total. The Bertz CT molecular complexity index is 542. The van der Waals surface area contributed by atoms with Crippen LogP contribution in [0.15, 0.2) is 30.3 Å². The summed E-state index contributed by atoms with van der Waals surface area (Å²) >= 11 is 0. The molecule has 1 atom stereocenters. The third kappa shape index (κ3) is 2.64. The number of carbonyl (C=O) groups is 3. The standard InChI is InChI=1S/C14H15NO5/c1-14(12(17)18)7-11(16)8-15(14)13(19)20-9-10-5-3-2-4-6-10/h2-6H,7-9H2,1H3,(H,17,18). The van der Waals surface area contributed by atoms with Crippen LogP contribution in [-0.2, 0) is 20.9 Å². The highest BCUT2D eigenvalue weighted by Crippen LogP contribution is 2.28. The summed E-state index contributed by atoms with van der Waals surface area (Å²) in [5.41, 5.74) is -0.728. The minimum atomic E-state index is -1.52. The van der Waals surface area contributed by atoms with Gasteiger partial charge in [0.15, 0.2) is 5.78 Å². The zero-order chi connectivity index (χ0) is 14.8. The van der Waals surface area contributed by atoms with E-state index in [4.69, 9.17) is 4.74 Å². The van der Waals surface area contributed by atoms with E-state index in [2.05, 4.69) is 0 Å². The number of ether oxygens (including phenoxy) is 1. The molecule has 1 N–H and O–H groups in total. The van der Waals surface area contributed by atoms with E-state index in [1.165, 1.54) is 6.92 Å². The van der Waals surface area contributed by atoms with Gasteiger partial charge >= 0.3 is 12.1 Å².